The number of allylic oxidation sites excluding steroid dienone is 6. The number of anilines is 1. The van der Waals surface area contributed by atoms with Gasteiger partial charge < -0.3 is 9.64 Å². The summed E-state index contributed by atoms with van der Waals surface area (Å²) < 4.78 is 6.08. The van der Waals surface area contributed by atoms with Crippen molar-refractivity contribution >= 4 is 28.7 Å². The van der Waals surface area contributed by atoms with Gasteiger partial charge in [0.15, 0.2) is 0 Å². The molecular weight excluding hydrogens is 400 g/mol. The highest BCUT2D eigenvalue weighted by Gasteiger charge is 2.23. The fourth-order valence-electron chi connectivity index (χ4n) is 4.77. The fraction of sp³-hybridized carbons (Fsp3) is 0.296. The summed E-state index contributed by atoms with van der Waals surface area (Å²) in [7, 11) is 0. The van der Waals surface area contributed by atoms with E-state index in [1.54, 1.807) is 11.3 Å². The zero-order valence-electron chi connectivity index (χ0n) is 17.9. The van der Waals surface area contributed by atoms with E-state index in [1.165, 1.54) is 61.2 Å². The van der Waals surface area contributed by atoms with Crippen LogP contribution in [0.2, 0.25) is 0 Å². The molecule has 3 aliphatic rings. The molecule has 4 heterocycles. The van der Waals surface area contributed by atoms with Gasteiger partial charge >= 0.3 is 0 Å². The monoisotopic (exact) mass is 426 g/mol. The number of aryl methyl sites for hydroxylation is 2. The number of thiophene rings is 1. The standard InChI is InChI=1S/C27H26N2OS/c1-2-23-16-22(25(18-28)26-8-5-13-31-26)17-24(30-23)10-9-19-14-20-6-3-11-29-12-4-7-21(15-19)27(20)29/h5,8-10,13-17H,2-4,6-7,11-12H2,1H3. The molecule has 0 radical (unpaired) electrons. The Morgan fingerprint density at radius 3 is 2.58 bits per heavy atom. The highest BCUT2D eigenvalue weighted by atomic mass is 32.1. The highest BCUT2D eigenvalue weighted by molar-refractivity contribution is 7.11. The lowest BCUT2D eigenvalue weighted by Crippen LogP contribution is -2.34. The van der Waals surface area contributed by atoms with Gasteiger partial charge in [-0.15, -0.1) is 11.3 Å². The Morgan fingerprint density at radius 1 is 1.16 bits per heavy atom. The van der Waals surface area contributed by atoms with Crippen molar-refractivity contribution in [3.05, 3.63) is 86.5 Å². The molecule has 4 heteroatoms. The van der Waals surface area contributed by atoms with Crippen LogP contribution in [0, 0.1) is 11.3 Å². The minimum absolute atomic E-state index is 0.702. The maximum atomic E-state index is 9.78. The van der Waals surface area contributed by atoms with Crippen LogP contribution in [-0.2, 0) is 17.6 Å². The Morgan fingerprint density at radius 2 is 1.94 bits per heavy atom. The summed E-state index contributed by atoms with van der Waals surface area (Å²) >= 11 is 1.59. The average Bonchev–Trinajstić information content (AvgIpc) is 3.33. The number of ether oxygens (including phenoxy) is 1. The van der Waals surface area contributed by atoms with Crippen molar-refractivity contribution in [3.8, 4) is 6.07 Å². The second kappa shape index (κ2) is 8.61. The smallest absolute Gasteiger partial charge is 0.127 e. The molecule has 0 saturated heterocycles. The van der Waals surface area contributed by atoms with E-state index in [4.69, 9.17) is 4.74 Å². The largest absolute Gasteiger partial charge is 0.462 e. The summed E-state index contributed by atoms with van der Waals surface area (Å²) in [5.74, 6) is 1.67. The van der Waals surface area contributed by atoms with Gasteiger partial charge in [0.2, 0.25) is 0 Å². The minimum atomic E-state index is 0.702. The molecule has 0 atom stereocenters. The average molecular weight is 427 g/mol. The summed E-state index contributed by atoms with van der Waals surface area (Å²) in [5.41, 5.74) is 7.33. The maximum absolute atomic E-state index is 9.78. The maximum Gasteiger partial charge on any atom is 0.127 e. The summed E-state index contributed by atoms with van der Waals surface area (Å²) in [5, 5.41) is 11.8. The SMILES string of the molecule is CCC1=CC(=C(C#N)c2cccs2)C=C(C=Cc2cc3c4c(c2)CCCN4CCC3)O1. The molecule has 0 bridgehead atoms. The van der Waals surface area contributed by atoms with E-state index in [1.807, 2.05) is 35.7 Å². The Balaban J connectivity index is 1.48. The van der Waals surface area contributed by atoms with Gasteiger partial charge in [0.25, 0.3) is 0 Å². The number of hydrogen-bond acceptors (Lipinski definition) is 4. The van der Waals surface area contributed by atoms with E-state index in [2.05, 4.69) is 36.1 Å². The first-order valence-corrected chi connectivity index (χ1v) is 12.0. The van der Waals surface area contributed by atoms with Crippen LogP contribution in [0.5, 0.6) is 0 Å². The van der Waals surface area contributed by atoms with Crippen LogP contribution in [0.3, 0.4) is 0 Å². The Labute approximate surface area is 188 Å². The highest BCUT2D eigenvalue weighted by Crippen LogP contribution is 2.36. The normalized spacial score (nSPS) is 19.3. The van der Waals surface area contributed by atoms with Gasteiger partial charge in [-0.1, -0.05) is 19.1 Å². The molecule has 3 aliphatic heterocycles. The Kier molecular flexibility index (Phi) is 5.53. The molecule has 0 fully saturated rings. The van der Waals surface area contributed by atoms with Gasteiger partial charge in [-0.25, -0.2) is 0 Å². The molecule has 0 aliphatic carbocycles. The van der Waals surface area contributed by atoms with Crippen LogP contribution in [-0.4, -0.2) is 13.1 Å². The second-order valence-electron chi connectivity index (χ2n) is 8.25. The third kappa shape index (κ3) is 3.98. The van der Waals surface area contributed by atoms with E-state index in [0.717, 1.165) is 28.4 Å². The first-order chi connectivity index (χ1) is 15.2. The lowest BCUT2D eigenvalue weighted by Gasteiger charge is -2.37. The van der Waals surface area contributed by atoms with Gasteiger partial charge in [-0.2, -0.15) is 5.26 Å². The van der Waals surface area contributed by atoms with Crippen molar-refractivity contribution in [2.24, 2.45) is 0 Å². The lowest BCUT2D eigenvalue weighted by molar-refractivity contribution is 0.304. The van der Waals surface area contributed by atoms with Crippen molar-refractivity contribution in [2.45, 2.75) is 39.0 Å². The van der Waals surface area contributed by atoms with Crippen molar-refractivity contribution in [3.63, 3.8) is 0 Å². The Bertz CT molecular complexity index is 1130. The zero-order chi connectivity index (χ0) is 21.2. The first-order valence-electron chi connectivity index (χ1n) is 11.1. The predicted octanol–water partition coefficient (Wildman–Crippen LogP) is 6.65. The van der Waals surface area contributed by atoms with Gasteiger partial charge in [-0.05, 0) is 84.2 Å². The van der Waals surface area contributed by atoms with E-state index in [9.17, 15) is 5.26 Å². The van der Waals surface area contributed by atoms with Crippen LogP contribution >= 0.6 is 11.3 Å². The second-order valence-corrected chi connectivity index (χ2v) is 9.20. The van der Waals surface area contributed by atoms with Crippen LogP contribution in [0.4, 0.5) is 5.69 Å². The topological polar surface area (TPSA) is 36.3 Å². The third-order valence-corrected chi connectivity index (χ3v) is 7.06. The van der Waals surface area contributed by atoms with Crippen LogP contribution in [0.1, 0.15) is 47.8 Å². The van der Waals surface area contributed by atoms with Crippen molar-refractivity contribution in [1.29, 1.82) is 5.26 Å². The van der Waals surface area contributed by atoms with E-state index in [0.29, 0.717) is 5.57 Å². The molecule has 0 spiro atoms. The lowest BCUT2D eigenvalue weighted by atomic mass is 9.90. The van der Waals surface area contributed by atoms with Crippen molar-refractivity contribution in [2.75, 3.05) is 18.0 Å². The third-order valence-electron chi connectivity index (χ3n) is 6.17. The molecule has 31 heavy (non-hydrogen) atoms. The quantitative estimate of drug-likeness (QED) is 0.514. The van der Waals surface area contributed by atoms with Gasteiger partial charge in [-0.3, -0.25) is 0 Å². The molecule has 0 amide bonds. The van der Waals surface area contributed by atoms with E-state index in [-0.39, 0.29) is 0 Å². The predicted molar refractivity (Wildman–Crippen MR) is 129 cm³/mol. The molecule has 5 rings (SSSR count). The minimum Gasteiger partial charge on any atom is -0.462 e. The fourth-order valence-corrected chi connectivity index (χ4v) is 5.51. The van der Waals surface area contributed by atoms with Crippen LogP contribution in [0.25, 0.3) is 11.6 Å². The number of nitriles is 1. The molecule has 0 saturated carbocycles. The number of nitrogens with zero attached hydrogens (tertiary/aromatic N) is 2. The van der Waals surface area contributed by atoms with Crippen LogP contribution < -0.4 is 4.90 Å². The molecule has 156 valence electrons. The van der Waals surface area contributed by atoms with Crippen molar-refractivity contribution < 1.29 is 4.74 Å². The van der Waals surface area contributed by atoms with E-state index < -0.39 is 0 Å². The Hall–Kier alpha value is -3.03. The summed E-state index contributed by atoms with van der Waals surface area (Å²) in [6, 6.07) is 11.1. The van der Waals surface area contributed by atoms with Gasteiger partial charge in [0.05, 0.1) is 5.57 Å². The van der Waals surface area contributed by atoms with Crippen molar-refractivity contribution in [1.82, 2.24) is 0 Å². The first kappa shape index (κ1) is 19.9. The number of rotatable bonds is 4. The summed E-state index contributed by atoms with van der Waals surface area (Å²) in [4.78, 5) is 3.56. The van der Waals surface area contributed by atoms with Gasteiger partial charge in [0, 0.05) is 35.6 Å². The molecular formula is C27H26N2OS. The molecule has 1 aromatic carbocycles. The molecule has 3 nitrogen and oxygen atoms in total. The molecule has 1 aromatic heterocycles. The molecule has 0 N–H and O–H groups in total. The zero-order valence-corrected chi connectivity index (χ0v) is 18.7. The number of hydrogen-bond donors (Lipinski definition) is 0. The summed E-state index contributed by atoms with van der Waals surface area (Å²) in [6.45, 7) is 4.47. The molecule has 2 aromatic rings. The summed E-state index contributed by atoms with van der Waals surface area (Å²) in [6.07, 6.45) is 13.8. The van der Waals surface area contributed by atoms with Crippen LogP contribution in [0.15, 0.2) is 65.0 Å². The van der Waals surface area contributed by atoms with E-state index >= 15 is 0 Å². The number of benzene rings is 1. The van der Waals surface area contributed by atoms with Gasteiger partial charge in [0.1, 0.15) is 17.6 Å². The molecule has 0 unspecified atom stereocenters.